The highest BCUT2D eigenvalue weighted by molar-refractivity contribution is 5.79. The molecule has 0 aliphatic heterocycles. The van der Waals surface area contributed by atoms with Crippen LogP contribution in [0.15, 0.2) is 53.3 Å². The first-order valence-electron chi connectivity index (χ1n) is 6.60. The summed E-state index contributed by atoms with van der Waals surface area (Å²) in [4.78, 5) is 19.0. The Bertz CT molecular complexity index is 877. The molecule has 0 saturated carbocycles. The zero-order chi connectivity index (χ0) is 14.8. The minimum atomic E-state index is -0.327. The molecular formula is C17H14N2O2. The molecule has 0 spiro atoms. The SMILES string of the molecule is Cc1ccc(C(O)=Cc2nc3ccccc3[nH]c2=O)cc1. The number of aryl methyl sites for hydroxylation is 1. The fourth-order valence-electron chi connectivity index (χ4n) is 2.08. The second kappa shape index (κ2) is 5.25. The third kappa shape index (κ3) is 2.69. The number of aromatic nitrogens is 2. The molecule has 3 rings (SSSR count). The second-order valence-corrected chi connectivity index (χ2v) is 4.86. The van der Waals surface area contributed by atoms with E-state index in [-0.39, 0.29) is 17.0 Å². The van der Waals surface area contributed by atoms with Crippen LogP contribution in [0.4, 0.5) is 0 Å². The number of rotatable bonds is 2. The highest BCUT2D eigenvalue weighted by Gasteiger charge is 2.05. The molecule has 0 saturated heterocycles. The fourth-order valence-corrected chi connectivity index (χ4v) is 2.08. The number of fused-ring (bicyclic) bond motifs is 1. The summed E-state index contributed by atoms with van der Waals surface area (Å²) < 4.78 is 0. The maximum absolute atomic E-state index is 12.0. The standard InChI is InChI=1S/C17H14N2O2/c1-11-6-8-12(9-7-11)16(20)10-15-17(21)19-14-5-3-2-4-13(14)18-15/h2-10,20H,1H3,(H,19,21). The molecule has 0 unspecified atom stereocenters. The van der Waals surface area contributed by atoms with Gasteiger partial charge in [0.2, 0.25) is 0 Å². The first kappa shape index (κ1) is 13.1. The highest BCUT2D eigenvalue weighted by Crippen LogP contribution is 2.15. The van der Waals surface area contributed by atoms with Crippen molar-refractivity contribution in [1.82, 2.24) is 9.97 Å². The number of aliphatic hydroxyl groups excluding tert-OH is 1. The Kier molecular flexibility index (Phi) is 3.28. The fraction of sp³-hybridized carbons (Fsp3) is 0.0588. The topological polar surface area (TPSA) is 66.0 Å². The van der Waals surface area contributed by atoms with Gasteiger partial charge >= 0.3 is 0 Å². The lowest BCUT2D eigenvalue weighted by molar-refractivity contribution is 0.515. The molecular weight excluding hydrogens is 264 g/mol. The molecule has 2 aromatic carbocycles. The van der Waals surface area contributed by atoms with Gasteiger partial charge in [-0.15, -0.1) is 0 Å². The molecule has 21 heavy (non-hydrogen) atoms. The van der Waals surface area contributed by atoms with E-state index in [0.717, 1.165) is 5.56 Å². The van der Waals surface area contributed by atoms with Gasteiger partial charge < -0.3 is 10.1 Å². The molecule has 0 aliphatic carbocycles. The Labute approximate surface area is 121 Å². The Morgan fingerprint density at radius 2 is 1.86 bits per heavy atom. The van der Waals surface area contributed by atoms with Gasteiger partial charge in [0.1, 0.15) is 11.5 Å². The van der Waals surface area contributed by atoms with Gasteiger partial charge in [0.05, 0.1) is 11.0 Å². The van der Waals surface area contributed by atoms with Crippen LogP contribution in [0.3, 0.4) is 0 Å². The molecule has 4 heteroatoms. The van der Waals surface area contributed by atoms with Crippen LogP contribution in [-0.4, -0.2) is 15.1 Å². The van der Waals surface area contributed by atoms with Crippen molar-refractivity contribution in [2.45, 2.75) is 6.92 Å². The molecule has 1 heterocycles. The largest absolute Gasteiger partial charge is 0.507 e. The quantitative estimate of drug-likeness (QED) is 0.707. The number of benzene rings is 2. The third-order valence-electron chi connectivity index (χ3n) is 3.25. The summed E-state index contributed by atoms with van der Waals surface area (Å²) in [6, 6.07) is 14.7. The van der Waals surface area contributed by atoms with E-state index in [9.17, 15) is 9.90 Å². The molecule has 3 aromatic rings. The molecule has 0 aliphatic rings. The first-order valence-corrected chi connectivity index (χ1v) is 6.60. The molecule has 0 bridgehead atoms. The van der Waals surface area contributed by atoms with Gasteiger partial charge in [-0.3, -0.25) is 4.79 Å². The van der Waals surface area contributed by atoms with E-state index in [4.69, 9.17) is 0 Å². The minimum Gasteiger partial charge on any atom is -0.507 e. The number of aliphatic hydroxyl groups is 1. The Morgan fingerprint density at radius 3 is 2.62 bits per heavy atom. The lowest BCUT2D eigenvalue weighted by Crippen LogP contribution is -2.12. The Balaban J connectivity index is 2.07. The van der Waals surface area contributed by atoms with Crippen LogP contribution in [-0.2, 0) is 0 Å². The third-order valence-corrected chi connectivity index (χ3v) is 3.25. The van der Waals surface area contributed by atoms with Gasteiger partial charge in [-0.2, -0.15) is 0 Å². The van der Waals surface area contributed by atoms with E-state index in [2.05, 4.69) is 9.97 Å². The van der Waals surface area contributed by atoms with E-state index in [1.165, 1.54) is 6.08 Å². The number of hydrogen-bond acceptors (Lipinski definition) is 3. The summed E-state index contributed by atoms with van der Waals surface area (Å²) in [6.45, 7) is 1.97. The summed E-state index contributed by atoms with van der Waals surface area (Å²) in [7, 11) is 0. The van der Waals surface area contributed by atoms with Crippen LogP contribution in [0, 0.1) is 6.92 Å². The highest BCUT2D eigenvalue weighted by atomic mass is 16.3. The monoisotopic (exact) mass is 278 g/mol. The lowest BCUT2D eigenvalue weighted by Gasteiger charge is -2.02. The number of nitrogens with zero attached hydrogens (tertiary/aromatic N) is 1. The van der Waals surface area contributed by atoms with E-state index in [1.54, 1.807) is 18.2 Å². The van der Waals surface area contributed by atoms with Crippen molar-refractivity contribution in [2.75, 3.05) is 0 Å². The van der Waals surface area contributed by atoms with Crippen LogP contribution in [0.1, 0.15) is 16.8 Å². The summed E-state index contributed by atoms with van der Waals surface area (Å²) >= 11 is 0. The number of nitrogens with one attached hydrogen (secondary N) is 1. The normalized spacial score (nSPS) is 11.8. The van der Waals surface area contributed by atoms with Gasteiger partial charge in [0.25, 0.3) is 5.56 Å². The van der Waals surface area contributed by atoms with Gasteiger partial charge in [0, 0.05) is 11.6 Å². The minimum absolute atomic E-state index is 0.0169. The van der Waals surface area contributed by atoms with E-state index < -0.39 is 0 Å². The van der Waals surface area contributed by atoms with Crippen molar-refractivity contribution >= 4 is 22.9 Å². The van der Waals surface area contributed by atoms with Gasteiger partial charge in [-0.05, 0) is 19.1 Å². The van der Waals surface area contributed by atoms with Gasteiger partial charge in [-0.25, -0.2) is 4.98 Å². The predicted octanol–water partition coefficient (Wildman–Crippen LogP) is 3.29. The predicted molar refractivity (Wildman–Crippen MR) is 84.0 cm³/mol. The molecule has 0 amide bonds. The average Bonchev–Trinajstić information content (AvgIpc) is 2.48. The Hall–Kier alpha value is -2.88. The Morgan fingerprint density at radius 1 is 1.14 bits per heavy atom. The van der Waals surface area contributed by atoms with Gasteiger partial charge in [0.15, 0.2) is 0 Å². The molecule has 1 aromatic heterocycles. The van der Waals surface area contributed by atoms with Crippen molar-refractivity contribution in [1.29, 1.82) is 0 Å². The van der Waals surface area contributed by atoms with E-state index in [1.807, 2.05) is 37.3 Å². The number of hydrogen-bond donors (Lipinski definition) is 2. The molecule has 0 radical (unpaired) electrons. The van der Waals surface area contributed by atoms with Crippen molar-refractivity contribution in [3.8, 4) is 0 Å². The van der Waals surface area contributed by atoms with Gasteiger partial charge in [-0.1, -0.05) is 42.0 Å². The number of para-hydroxylation sites is 2. The second-order valence-electron chi connectivity index (χ2n) is 4.86. The molecule has 4 nitrogen and oxygen atoms in total. The lowest BCUT2D eigenvalue weighted by atomic mass is 10.1. The number of aromatic amines is 1. The average molecular weight is 278 g/mol. The van der Waals surface area contributed by atoms with Crippen LogP contribution < -0.4 is 5.56 Å². The number of H-pyrrole nitrogens is 1. The van der Waals surface area contributed by atoms with Crippen molar-refractivity contribution in [3.63, 3.8) is 0 Å². The molecule has 2 N–H and O–H groups in total. The summed E-state index contributed by atoms with van der Waals surface area (Å²) in [5, 5.41) is 10.1. The molecule has 104 valence electrons. The van der Waals surface area contributed by atoms with E-state index >= 15 is 0 Å². The molecule has 0 fully saturated rings. The summed E-state index contributed by atoms with van der Waals surface area (Å²) in [6.07, 6.45) is 1.38. The van der Waals surface area contributed by atoms with Crippen LogP contribution in [0.25, 0.3) is 22.9 Å². The van der Waals surface area contributed by atoms with Crippen LogP contribution in [0.5, 0.6) is 0 Å². The maximum atomic E-state index is 12.0. The zero-order valence-corrected chi connectivity index (χ0v) is 11.5. The van der Waals surface area contributed by atoms with E-state index in [0.29, 0.717) is 16.6 Å². The maximum Gasteiger partial charge on any atom is 0.274 e. The summed E-state index contributed by atoms with van der Waals surface area (Å²) in [5.74, 6) is 0.0169. The van der Waals surface area contributed by atoms with Crippen molar-refractivity contribution in [3.05, 3.63) is 75.7 Å². The molecule has 0 atom stereocenters. The smallest absolute Gasteiger partial charge is 0.274 e. The van der Waals surface area contributed by atoms with Crippen LogP contribution in [0.2, 0.25) is 0 Å². The summed E-state index contributed by atoms with van der Waals surface area (Å²) in [5.41, 5.74) is 2.97. The van der Waals surface area contributed by atoms with Crippen LogP contribution >= 0.6 is 0 Å². The zero-order valence-electron chi connectivity index (χ0n) is 11.5. The van der Waals surface area contributed by atoms with Crippen molar-refractivity contribution < 1.29 is 5.11 Å². The first-order chi connectivity index (χ1) is 10.1. The van der Waals surface area contributed by atoms with Crippen molar-refractivity contribution in [2.24, 2.45) is 0 Å².